The minimum absolute atomic E-state index is 0.0461. The van der Waals surface area contributed by atoms with E-state index >= 15 is 0 Å². The third kappa shape index (κ3) is 3.18. The highest BCUT2D eigenvalue weighted by atomic mass is 35.5. The van der Waals surface area contributed by atoms with Crippen LogP contribution in [0.15, 0.2) is 24.4 Å². The number of halogens is 1. The van der Waals surface area contributed by atoms with Gasteiger partial charge in [0.05, 0.1) is 16.9 Å². The molecule has 0 spiro atoms. The van der Waals surface area contributed by atoms with E-state index in [1.165, 1.54) is 18.3 Å². The molecule has 9 heteroatoms. The van der Waals surface area contributed by atoms with E-state index in [4.69, 9.17) is 16.7 Å². The number of anilines is 2. The summed E-state index contributed by atoms with van der Waals surface area (Å²) in [5.41, 5.74) is -0.0586. The van der Waals surface area contributed by atoms with Crippen molar-refractivity contribution in [2.45, 2.75) is 0 Å². The number of carboxylic acids is 1. The van der Waals surface area contributed by atoms with Gasteiger partial charge in [-0.15, -0.1) is 5.10 Å². The largest absolute Gasteiger partial charge is 0.478 e. The summed E-state index contributed by atoms with van der Waals surface area (Å²) in [5.74, 6) is -1.22. The molecule has 3 N–H and O–H groups in total. The summed E-state index contributed by atoms with van der Waals surface area (Å²) < 4.78 is 3.58. The number of amides is 2. The fourth-order valence-electron chi connectivity index (χ4n) is 1.33. The van der Waals surface area contributed by atoms with Gasteiger partial charge in [-0.3, -0.25) is 5.32 Å². The second-order valence-corrected chi connectivity index (χ2v) is 4.52. The normalized spacial score (nSPS) is 9.95. The Hall–Kier alpha value is -2.19. The van der Waals surface area contributed by atoms with Gasteiger partial charge in [0.25, 0.3) is 0 Å². The molecular weight excluding hydrogens is 292 g/mol. The van der Waals surface area contributed by atoms with Gasteiger partial charge in [0.2, 0.25) is 0 Å². The smallest absolute Gasteiger partial charge is 0.339 e. The summed E-state index contributed by atoms with van der Waals surface area (Å²) in [6.07, 6.45) is 1.38. The Bertz CT molecular complexity index is 617. The predicted octanol–water partition coefficient (Wildman–Crippen LogP) is 2.53. The number of hydrogen-bond donors (Lipinski definition) is 3. The Kier molecular flexibility index (Phi) is 3.93. The second-order valence-electron chi connectivity index (χ2n) is 3.33. The highest BCUT2D eigenvalue weighted by Crippen LogP contribution is 2.24. The van der Waals surface area contributed by atoms with Gasteiger partial charge < -0.3 is 10.4 Å². The molecule has 19 heavy (non-hydrogen) atoms. The van der Waals surface area contributed by atoms with Crippen molar-refractivity contribution < 1.29 is 14.7 Å². The molecule has 0 unspecified atom stereocenters. The molecule has 2 aromatic rings. The first kappa shape index (κ1) is 13.2. The number of benzene rings is 1. The fourth-order valence-corrected chi connectivity index (χ4v) is 2.00. The van der Waals surface area contributed by atoms with E-state index in [-0.39, 0.29) is 16.3 Å². The van der Waals surface area contributed by atoms with Gasteiger partial charge in [0.1, 0.15) is 10.6 Å². The molecule has 0 saturated carbocycles. The first-order valence-corrected chi connectivity index (χ1v) is 6.10. The van der Waals surface area contributed by atoms with Crippen molar-refractivity contribution in [1.82, 2.24) is 9.59 Å². The molecule has 1 heterocycles. The van der Waals surface area contributed by atoms with Crippen molar-refractivity contribution >= 4 is 45.8 Å². The van der Waals surface area contributed by atoms with Crippen LogP contribution in [0.4, 0.5) is 15.5 Å². The van der Waals surface area contributed by atoms with Gasteiger partial charge >= 0.3 is 12.0 Å². The standard InChI is InChI=1S/C10H7ClN4O3S/c11-5-2-1-3-6(8(5)9(16)17)13-10(18)14-7-4-12-15-19-7/h1-4H,(H,16,17)(H2,13,14,18). The molecule has 0 aliphatic carbocycles. The molecule has 0 radical (unpaired) electrons. The quantitative estimate of drug-likeness (QED) is 0.807. The number of nitrogens with one attached hydrogen (secondary N) is 2. The molecule has 2 rings (SSSR count). The van der Waals surface area contributed by atoms with Crippen molar-refractivity contribution in [1.29, 1.82) is 0 Å². The van der Waals surface area contributed by atoms with Crippen LogP contribution in [0.5, 0.6) is 0 Å². The lowest BCUT2D eigenvalue weighted by molar-refractivity contribution is 0.0698. The molecule has 1 aromatic carbocycles. The zero-order valence-corrected chi connectivity index (χ0v) is 10.8. The SMILES string of the molecule is O=C(Nc1cnns1)Nc1cccc(Cl)c1C(=O)O. The molecule has 0 atom stereocenters. The summed E-state index contributed by atoms with van der Waals surface area (Å²) in [5, 5.41) is 18.0. The maximum Gasteiger partial charge on any atom is 0.339 e. The summed E-state index contributed by atoms with van der Waals surface area (Å²) in [6.45, 7) is 0. The number of urea groups is 1. The highest BCUT2D eigenvalue weighted by molar-refractivity contribution is 7.10. The number of hydrogen-bond acceptors (Lipinski definition) is 5. The summed E-state index contributed by atoms with van der Waals surface area (Å²) in [7, 11) is 0. The van der Waals surface area contributed by atoms with E-state index in [2.05, 4.69) is 20.2 Å². The lowest BCUT2D eigenvalue weighted by Gasteiger charge is -2.09. The molecule has 7 nitrogen and oxygen atoms in total. The van der Waals surface area contributed by atoms with Gasteiger partial charge in [-0.1, -0.05) is 22.2 Å². The lowest BCUT2D eigenvalue weighted by atomic mass is 10.2. The molecule has 1 aromatic heterocycles. The molecule has 0 fully saturated rings. The number of carbonyl (C=O) groups excluding carboxylic acids is 1. The average Bonchev–Trinajstić information content (AvgIpc) is 2.81. The second kappa shape index (κ2) is 5.63. The lowest BCUT2D eigenvalue weighted by Crippen LogP contribution is -2.20. The zero-order chi connectivity index (χ0) is 13.8. The number of aromatic nitrogens is 2. The van der Waals surface area contributed by atoms with Crippen molar-refractivity contribution in [3.63, 3.8) is 0 Å². The van der Waals surface area contributed by atoms with Crippen LogP contribution in [0.3, 0.4) is 0 Å². The summed E-state index contributed by atoms with van der Waals surface area (Å²) >= 11 is 6.78. The van der Waals surface area contributed by atoms with Crippen molar-refractivity contribution in [3.8, 4) is 0 Å². The topological polar surface area (TPSA) is 104 Å². The monoisotopic (exact) mass is 298 g/mol. The molecule has 0 aliphatic heterocycles. The molecule has 0 saturated heterocycles. The van der Waals surface area contributed by atoms with Gasteiger partial charge in [0.15, 0.2) is 0 Å². The third-order valence-corrected chi connectivity index (χ3v) is 2.97. The predicted molar refractivity (Wildman–Crippen MR) is 71.0 cm³/mol. The van der Waals surface area contributed by atoms with E-state index in [0.29, 0.717) is 5.00 Å². The number of carboxylic acid groups (broad SMARTS) is 1. The van der Waals surface area contributed by atoms with Crippen molar-refractivity contribution in [2.75, 3.05) is 10.6 Å². The van der Waals surface area contributed by atoms with Crippen LogP contribution >= 0.6 is 23.1 Å². The van der Waals surface area contributed by atoms with E-state index in [0.717, 1.165) is 11.5 Å². The third-order valence-electron chi connectivity index (χ3n) is 2.07. The first-order chi connectivity index (χ1) is 9.08. The van der Waals surface area contributed by atoms with Gasteiger partial charge in [-0.25, -0.2) is 9.59 Å². The number of nitrogens with zero attached hydrogens (tertiary/aromatic N) is 2. The molecule has 98 valence electrons. The van der Waals surface area contributed by atoms with Gasteiger partial charge in [-0.05, 0) is 12.1 Å². The minimum Gasteiger partial charge on any atom is -0.478 e. The maximum atomic E-state index is 11.7. The van der Waals surface area contributed by atoms with Crippen molar-refractivity contribution in [2.24, 2.45) is 0 Å². The average molecular weight is 299 g/mol. The molecule has 0 aliphatic rings. The van der Waals surface area contributed by atoms with Gasteiger partial charge in [-0.2, -0.15) is 0 Å². The van der Waals surface area contributed by atoms with E-state index in [1.807, 2.05) is 0 Å². The van der Waals surface area contributed by atoms with Crippen LogP contribution in [0.25, 0.3) is 0 Å². The van der Waals surface area contributed by atoms with Crippen molar-refractivity contribution in [3.05, 3.63) is 35.0 Å². The van der Waals surface area contributed by atoms with E-state index in [1.54, 1.807) is 6.07 Å². The number of aromatic carboxylic acids is 1. The van der Waals surface area contributed by atoms with Crippen LogP contribution < -0.4 is 10.6 Å². The zero-order valence-electron chi connectivity index (χ0n) is 9.25. The van der Waals surface area contributed by atoms with Gasteiger partial charge in [0, 0.05) is 11.5 Å². The van der Waals surface area contributed by atoms with Crippen LogP contribution in [0.2, 0.25) is 5.02 Å². The van der Waals surface area contributed by atoms with Crippen LogP contribution in [0.1, 0.15) is 10.4 Å². The Balaban J connectivity index is 2.17. The van der Waals surface area contributed by atoms with Crippen LogP contribution in [-0.4, -0.2) is 26.7 Å². The number of rotatable bonds is 3. The Morgan fingerprint density at radius 3 is 2.74 bits per heavy atom. The van der Waals surface area contributed by atoms with E-state index in [9.17, 15) is 9.59 Å². The summed E-state index contributed by atoms with van der Waals surface area (Å²) in [4.78, 5) is 22.7. The molecule has 0 bridgehead atoms. The highest BCUT2D eigenvalue weighted by Gasteiger charge is 2.16. The fraction of sp³-hybridized carbons (Fsp3) is 0. The Labute approximate surface area is 116 Å². The molecular formula is C10H7ClN4O3S. The Morgan fingerprint density at radius 2 is 2.11 bits per heavy atom. The van der Waals surface area contributed by atoms with Crippen LogP contribution in [0, 0.1) is 0 Å². The first-order valence-electron chi connectivity index (χ1n) is 4.95. The van der Waals surface area contributed by atoms with E-state index < -0.39 is 12.0 Å². The Morgan fingerprint density at radius 1 is 1.32 bits per heavy atom. The number of carbonyl (C=O) groups is 2. The molecule has 2 amide bonds. The minimum atomic E-state index is -1.22. The maximum absolute atomic E-state index is 11.7. The van der Waals surface area contributed by atoms with Crippen LogP contribution in [-0.2, 0) is 0 Å². The summed E-state index contributed by atoms with van der Waals surface area (Å²) in [6, 6.07) is 3.82.